The Kier molecular flexibility index (Phi) is 4.55. The topological polar surface area (TPSA) is 50.9 Å². The first-order chi connectivity index (χ1) is 9.52. The number of hydrogen-bond donors (Lipinski definition) is 1. The van der Waals surface area contributed by atoms with Gasteiger partial charge in [-0.05, 0) is 49.4 Å². The van der Waals surface area contributed by atoms with Crippen LogP contribution in [0.4, 0.5) is 0 Å². The summed E-state index contributed by atoms with van der Waals surface area (Å²) >= 11 is 0. The van der Waals surface area contributed by atoms with E-state index in [1.54, 1.807) is 6.33 Å². The van der Waals surface area contributed by atoms with Crippen LogP contribution in [-0.2, 0) is 13.0 Å². The first kappa shape index (κ1) is 14.7. The second kappa shape index (κ2) is 6.18. The summed E-state index contributed by atoms with van der Waals surface area (Å²) in [7, 11) is 0. The molecule has 1 heterocycles. The Balaban J connectivity index is 2.21. The molecule has 1 atom stereocenters. The molecule has 2 aromatic rings. The molecule has 0 aliphatic carbocycles. The van der Waals surface area contributed by atoms with E-state index in [1.165, 1.54) is 11.1 Å². The molecule has 0 spiro atoms. The van der Waals surface area contributed by atoms with E-state index < -0.39 is 6.10 Å². The van der Waals surface area contributed by atoms with Crippen molar-refractivity contribution in [3.8, 4) is 0 Å². The number of aromatic nitrogens is 3. The average molecular weight is 273 g/mol. The highest BCUT2D eigenvalue weighted by molar-refractivity contribution is 5.37. The number of hydrogen-bond acceptors (Lipinski definition) is 3. The lowest BCUT2D eigenvalue weighted by Crippen LogP contribution is -2.11. The van der Waals surface area contributed by atoms with E-state index in [0.717, 1.165) is 29.9 Å². The summed E-state index contributed by atoms with van der Waals surface area (Å²) in [5, 5.41) is 14.7. The quantitative estimate of drug-likeness (QED) is 0.911. The molecule has 4 nitrogen and oxygen atoms in total. The largest absolute Gasteiger partial charge is 0.388 e. The smallest absolute Gasteiger partial charge is 0.138 e. The van der Waals surface area contributed by atoms with Crippen LogP contribution in [0.1, 0.15) is 47.5 Å². The predicted molar refractivity (Wildman–Crippen MR) is 79.6 cm³/mol. The van der Waals surface area contributed by atoms with Gasteiger partial charge in [0.1, 0.15) is 12.2 Å². The normalized spacial score (nSPS) is 12.7. The highest BCUT2D eigenvalue weighted by Crippen LogP contribution is 2.24. The third-order valence-corrected chi connectivity index (χ3v) is 3.75. The molecule has 1 unspecified atom stereocenters. The zero-order chi connectivity index (χ0) is 14.7. The van der Waals surface area contributed by atoms with Crippen molar-refractivity contribution >= 4 is 0 Å². The van der Waals surface area contributed by atoms with E-state index in [0.29, 0.717) is 6.42 Å². The minimum Gasteiger partial charge on any atom is -0.388 e. The molecule has 1 N–H and O–H groups in total. The Morgan fingerprint density at radius 2 is 1.85 bits per heavy atom. The van der Waals surface area contributed by atoms with Crippen LogP contribution in [-0.4, -0.2) is 19.9 Å². The molecule has 0 saturated carbocycles. The van der Waals surface area contributed by atoms with Crippen LogP contribution in [0.25, 0.3) is 0 Å². The molecule has 4 heteroatoms. The van der Waals surface area contributed by atoms with Crippen molar-refractivity contribution in [3.63, 3.8) is 0 Å². The molecule has 20 heavy (non-hydrogen) atoms. The van der Waals surface area contributed by atoms with Crippen molar-refractivity contribution in [2.24, 2.45) is 0 Å². The Hall–Kier alpha value is -1.68. The molecule has 108 valence electrons. The molecular weight excluding hydrogens is 250 g/mol. The third kappa shape index (κ3) is 3.07. The number of aliphatic hydroxyl groups is 1. The van der Waals surface area contributed by atoms with Gasteiger partial charge in [0.05, 0.1) is 6.10 Å². The molecule has 0 amide bonds. The van der Waals surface area contributed by atoms with Crippen molar-refractivity contribution < 1.29 is 5.11 Å². The fraction of sp³-hybridized carbons (Fsp3) is 0.500. The van der Waals surface area contributed by atoms with Gasteiger partial charge in [0.2, 0.25) is 0 Å². The summed E-state index contributed by atoms with van der Waals surface area (Å²) in [5.41, 5.74) is 4.58. The minimum absolute atomic E-state index is 0.503. The van der Waals surface area contributed by atoms with Crippen molar-refractivity contribution in [2.75, 3.05) is 0 Å². The highest BCUT2D eigenvalue weighted by Gasteiger charge is 2.15. The second-order valence-corrected chi connectivity index (χ2v) is 5.41. The van der Waals surface area contributed by atoms with E-state index in [4.69, 9.17) is 0 Å². The molecule has 0 radical (unpaired) electrons. The Morgan fingerprint density at radius 3 is 2.55 bits per heavy atom. The summed E-state index contributed by atoms with van der Waals surface area (Å²) in [5.74, 6) is 0.844. The van der Waals surface area contributed by atoms with Crippen LogP contribution >= 0.6 is 0 Å². The maximum atomic E-state index is 10.5. The standard InChI is InChI=1S/C16H23N3O/c1-5-6-19-16(17-10-18-19)9-15(20)14-8-12(3)11(2)7-13(14)4/h7-8,10,15,20H,5-6,9H2,1-4H3. The maximum Gasteiger partial charge on any atom is 0.138 e. The van der Waals surface area contributed by atoms with E-state index in [1.807, 2.05) is 11.6 Å². The van der Waals surface area contributed by atoms with Crippen LogP contribution in [0.5, 0.6) is 0 Å². The van der Waals surface area contributed by atoms with Gasteiger partial charge in [-0.2, -0.15) is 5.10 Å². The third-order valence-electron chi connectivity index (χ3n) is 3.75. The fourth-order valence-electron chi connectivity index (χ4n) is 2.47. The van der Waals surface area contributed by atoms with Crippen molar-refractivity contribution in [1.29, 1.82) is 0 Å². The Morgan fingerprint density at radius 1 is 1.15 bits per heavy atom. The summed E-state index contributed by atoms with van der Waals surface area (Å²) in [6.07, 6.45) is 2.54. The van der Waals surface area contributed by atoms with E-state index in [2.05, 4.69) is 43.0 Å². The fourth-order valence-corrected chi connectivity index (χ4v) is 2.47. The first-order valence-corrected chi connectivity index (χ1v) is 7.15. The molecule has 0 aliphatic rings. The Bertz CT molecular complexity index is 589. The molecule has 0 aliphatic heterocycles. The van der Waals surface area contributed by atoms with Crippen LogP contribution in [0.15, 0.2) is 18.5 Å². The second-order valence-electron chi connectivity index (χ2n) is 5.41. The number of nitrogens with zero attached hydrogens (tertiary/aromatic N) is 3. The number of rotatable bonds is 5. The van der Waals surface area contributed by atoms with Gasteiger partial charge in [-0.25, -0.2) is 4.98 Å². The van der Waals surface area contributed by atoms with Crippen molar-refractivity contribution in [1.82, 2.24) is 14.8 Å². The zero-order valence-corrected chi connectivity index (χ0v) is 12.7. The first-order valence-electron chi connectivity index (χ1n) is 7.15. The molecule has 1 aromatic carbocycles. The van der Waals surface area contributed by atoms with Crippen molar-refractivity contribution in [2.45, 2.75) is 53.2 Å². The van der Waals surface area contributed by atoms with Crippen LogP contribution < -0.4 is 0 Å². The number of aryl methyl sites for hydroxylation is 4. The van der Waals surface area contributed by atoms with Gasteiger partial charge < -0.3 is 5.11 Å². The molecule has 0 bridgehead atoms. The van der Waals surface area contributed by atoms with Gasteiger partial charge in [0.25, 0.3) is 0 Å². The van der Waals surface area contributed by atoms with Gasteiger partial charge in [0, 0.05) is 13.0 Å². The number of benzene rings is 1. The average Bonchev–Trinajstić information content (AvgIpc) is 2.81. The van der Waals surface area contributed by atoms with Gasteiger partial charge in [-0.3, -0.25) is 4.68 Å². The molecule has 2 rings (SSSR count). The molecule has 1 aromatic heterocycles. The lowest BCUT2D eigenvalue weighted by atomic mass is 9.95. The molecule has 0 saturated heterocycles. The maximum absolute atomic E-state index is 10.5. The monoisotopic (exact) mass is 273 g/mol. The highest BCUT2D eigenvalue weighted by atomic mass is 16.3. The van der Waals surface area contributed by atoms with E-state index in [-0.39, 0.29) is 0 Å². The van der Waals surface area contributed by atoms with Crippen LogP contribution in [0.3, 0.4) is 0 Å². The molecular formula is C16H23N3O. The summed E-state index contributed by atoms with van der Waals surface area (Å²) in [6.45, 7) is 9.16. The van der Waals surface area contributed by atoms with Gasteiger partial charge in [-0.15, -0.1) is 0 Å². The predicted octanol–water partition coefficient (Wildman–Crippen LogP) is 2.89. The van der Waals surface area contributed by atoms with E-state index in [9.17, 15) is 5.11 Å². The van der Waals surface area contributed by atoms with Crippen LogP contribution in [0.2, 0.25) is 0 Å². The van der Waals surface area contributed by atoms with Gasteiger partial charge >= 0.3 is 0 Å². The Labute approximate surface area is 120 Å². The van der Waals surface area contributed by atoms with Crippen LogP contribution in [0, 0.1) is 20.8 Å². The molecule has 0 fully saturated rings. The summed E-state index contributed by atoms with van der Waals surface area (Å²) in [6, 6.07) is 4.21. The van der Waals surface area contributed by atoms with Gasteiger partial charge in [-0.1, -0.05) is 19.1 Å². The SMILES string of the molecule is CCCn1ncnc1CC(O)c1cc(C)c(C)cc1C. The lowest BCUT2D eigenvalue weighted by Gasteiger charge is -2.16. The van der Waals surface area contributed by atoms with Crippen molar-refractivity contribution in [3.05, 3.63) is 46.5 Å². The lowest BCUT2D eigenvalue weighted by molar-refractivity contribution is 0.173. The number of aliphatic hydroxyl groups excluding tert-OH is 1. The summed E-state index contributed by atoms with van der Waals surface area (Å²) in [4.78, 5) is 4.26. The minimum atomic E-state index is -0.533. The van der Waals surface area contributed by atoms with Gasteiger partial charge in [0.15, 0.2) is 0 Å². The summed E-state index contributed by atoms with van der Waals surface area (Å²) < 4.78 is 1.87. The van der Waals surface area contributed by atoms with E-state index >= 15 is 0 Å². The zero-order valence-electron chi connectivity index (χ0n) is 12.7.